The van der Waals surface area contributed by atoms with Crippen LogP contribution in [-0.2, 0) is 0 Å². The van der Waals surface area contributed by atoms with Gasteiger partial charge in [-0.2, -0.15) is 0 Å². The largest absolute Gasteiger partial charge is 0.492 e. The summed E-state index contributed by atoms with van der Waals surface area (Å²) in [6.07, 6.45) is 7.25. The van der Waals surface area contributed by atoms with E-state index in [1.807, 2.05) is 13.0 Å². The summed E-state index contributed by atoms with van der Waals surface area (Å²) in [7, 11) is 0. The molecule has 2 aromatic rings. The molecule has 0 saturated carbocycles. The molecule has 0 aliphatic heterocycles. The molecule has 0 fully saturated rings. The zero-order chi connectivity index (χ0) is 15.1. The smallest absolute Gasteiger partial charge is 0.141 e. The van der Waals surface area contributed by atoms with Crippen molar-refractivity contribution >= 4 is 0 Å². The van der Waals surface area contributed by atoms with Gasteiger partial charge in [0.25, 0.3) is 0 Å². The van der Waals surface area contributed by atoms with Crippen molar-refractivity contribution in [2.75, 3.05) is 13.2 Å². The topological polar surface area (TPSA) is 47.0 Å². The van der Waals surface area contributed by atoms with E-state index >= 15 is 0 Å². The molecule has 0 bridgehead atoms. The Balaban J connectivity index is 2.29. The minimum Gasteiger partial charge on any atom is -0.492 e. The van der Waals surface area contributed by atoms with Gasteiger partial charge >= 0.3 is 0 Å². The van der Waals surface area contributed by atoms with Crippen molar-refractivity contribution in [3.8, 4) is 5.75 Å². The molecule has 112 valence electrons. The number of aromatic nitrogens is 2. The molecule has 2 aromatic heterocycles. The molecular formula is C16H20FN3O. The first kappa shape index (κ1) is 15.4. The average Bonchev–Trinajstić information content (AvgIpc) is 2.51. The monoisotopic (exact) mass is 289 g/mol. The van der Waals surface area contributed by atoms with Crippen molar-refractivity contribution in [1.82, 2.24) is 15.3 Å². The minimum absolute atomic E-state index is 0.157. The van der Waals surface area contributed by atoms with Gasteiger partial charge in [0.2, 0.25) is 0 Å². The van der Waals surface area contributed by atoms with Gasteiger partial charge in [-0.25, -0.2) is 4.39 Å². The number of hydrogen-bond donors (Lipinski definition) is 1. The van der Waals surface area contributed by atoms with Crippen LogP contribution in [0.2, 0.25) is 0 Å². The highest BCUT2D eigenvalue weighted by Crippen LogP contribution is 2.24. The fourth-order valence-electron chi connectivity index (χ4n) is 2.11. The van der Waals surface area contributed by atoms with E-state index in [-0.39, 0.29) is 11.9 Å². The summed E-state index contributed by atoms with van der Waals surface area (Å²) in [4.78, 5) is 8.13. The predicted molar refractivity (Wildman–Crippen MR) is 79.7 cm³/mol. The Hall–Kier alpha value is -2.01. The standard InChI is InChI=1S/C16H20FN3O/c1-3-5-21-15-7-13(9-19-11-15)16(20-4-2)12-6-14(17)10-18-8-12/h6-11,16,20H,3-5H2,1-2H3. The van der Waals surface area contributed by atoms with E-state index in [1.54, 1.807) is 18.6 Å². The van der Waals surface area contributed by atoms with E-state index < -0.39 is 0 Å². The summed E-state index contributed by atoms with van der Waals surface area (Å²) in [6, 6.07) is 3.26. The fourth-order valence-corrected chi connectivity index (χ4v) is 2.11. The second-order valence-electron chi connectivity index (χ2n) is 4.73. The molecule has 0 saturated heterocycles. The number of ether oxygens (including phenoxy) is 1. The van der Waals surface area contributed by atoms with Gasteiger partial charge in [0.05, 0.1) is 25.0 Å². The van der Waals surface area contributed by atoms with Crippen molar-refractivity contribution in [2.24, 2.45) is 0 Å². The third-order valence-electron chi connectivity index (χ3n) is 3.01. The molecule has 0 spiro atoms. The van der Waals surface area contributed by atoms with Gasteiger partial charge in [-0.05, 0) is 36.2 Å². The summed E-state index contributed by atoms with van der Waals surface area (Å²) in [5, 5.41) is 3.32. The quantitative estimate of drug-likeness (QED) is 0.851. The van der Waals surface area contributed by atoms with Gasteiger partial charge in [0, 0.05) is 12.4 Å². The Morgan fingerprint density at radius 1 is 1.10 bits per heavy atom. The Bertz CT molecular complexity index is 577. The van der Waals surface area contributed by atoms with Crippen LogP contribution < -0.4 is 10.1 Å². The van der Waals surface area contributed by atoms with E-state index in [0.29, 0.717) is 6.61 Å². The lowest BCUT2D eigenvalue weighted by atomic mass is 10.0. The second-order valence-corrected chi connectivity index (χ2v) is 4.73. The maximum absolute atomic E-state index is 13.4. The first-order valence-corrected chi connectivity index (χ1v) is 7.16. The molecule has 0 aliphatic rings. The van der Waals surface area contributed by atoms with Crippen LogP contribution in [0.1, 0.15) is 37.4 Å². The van der Waals surface area contributed by atoms with Crippen molar-refractivity contribution in [3.63, 3.8) is 0 Å². The maximum atomic E-state index is 13.4. The van der Waals surface area contributed by atoms with Gasteiger partial charge < -0.3 is 10.1 Å². The first-order chi connectivity index (χ1) is 10.2. The van der Waals surface area contributed by atoms with Crippen molar-refractivity contribution < 1.29 is 9.13 Å². The van der Waals surface area contributed by atoms with Crippen LogP contribution in [0.15, 0.2) is 36.9 Å². The number of hydrogen-bond acceptors (Lipinski definition) is 4. The number of rotatable bonds is 7. The highest BCUT2D eigenvalue weighted by molar-refractivity contribution is 5.33. The van der Waals surface area contributed by atoms with E-state index in [2.05, 4.69) is 22.2 Å². The predicted octanol–water partition coefficient (Wildman–Crippen LogP) is 3.10. The molecule has 0 aromatic carbocycles. The molecule has 1 N–H and O–H groups in total. The number of pyridine rings is 2. The maximum Gasteiger partial charge on any atom is 0.141 e. The SMILES string of the molecule is CCCOc1cncc(C(NCC)c2cncc(F)c2)c1. The summed E-state index contributed by atoms with van der Waals surface area (Å²) >= 11 is 0. The van der Waals surface area contributed by atoms with E-state index in [1.165, 1.54) is 12.3 Å². The Labute approximate surface area is 124 Å². The molecular weight excluding hydrogens is 269 g/mol. The number of nitrogens with zero attached hydrogens (tertiary/aromatic N) is 2. The molecule has 0 radical (unpaired) electrons. The van der Waals surface area contributed by atoms with E-state index in [9.17, 15) is 4.39 Å². The van der Waals surface area contributed by atoms with Gasteiger partial charge in [-0.1, -0.05) is 13.8 Å². The third-order valence-corrected chi connectivity index (χ3v) is 3.01. The lowest BCUT2D eigenvalue weighted by Crippen LogP contribution is -2.22. The Morgan fingerprint density at radius 2 is 1.81 bits per heavy atom. The molecule has 1 unspecified atom stereocenters. The number of nitrogens with one attached hydrogen (secondary N) is 1. The van der Waals surface area contributed by atoms with Crippen LogP contribution in [0, 0.1) is 5.82 Å². The summed E-state index contributed by atoms with van der Waals surface area (Å²) in [6.45, 7) is 5.46. The molecule has 0 amide bonds. The van der Waals surface area contributed by atoms with Crippen LogP contribution in [-0.4, -0.2) is 23.1 Å². The van der Waals surface area contributed by atoms with Crippen molar-refractivity contribution in [2.45, 2.75) is 26.3 Å². The summed E-state index contributed by atoms with van der Waals surface area (Å²) < 4.78 is 19.0. The van der Waals surface area contributed by atoms with E-state index in [0.717, 1.165) is 29.8 Å². The summed E-state index contributed by atoms with van der Waals surface area (Å²) in [5.41, 5.74) is 1.70. The Morgan fingerprint density at radius 3 is 2.48 bits per heavy atom. The summed E-state index contributed by atoms with van der Waals surface area (Å²) in [5.74, 6) is 0.378. The van der Waals surface area contributed by atoms with Crippen LogP contribution in [0.3, 0.4) is 0 Å². The molecule has 4 nitrogen and oxygen atoms in total. The Kier molecular flexibility index (Phi) is 5.63. The zero-order valence-corrected chi connectivity index (χ0v) is 12.3. The molecule has 2 rings (SSSR count). The normalized spacial score (nSPS) is 12.1. The minimum atomic E-state index is -0.346. The van der Waals surface area contributed by atoms with Crippen LogP contribution in [0.5, 0.6) is 5.75 Å². The van der Waals surface area contributed by atoms with Gasteiger partial charge in [-0.15, -0.1) is 0 Å². The lowest BCUT2D eigenvalue weighted by molar-refractivity contribution is 0.315. The number of halogens is 1. The molecule has 1 atom stereocenters. The highest BCUT2D eigenvalue weighted by atomic mass is 19.1. The van der Waals surface area contributed by atoms with E-state index in [4.69, 9.17) is 4.74 Å². The van der Waals surface area contributed by atoms with Crippen LogP contribution >= 0.6 is 0 Å². The van der Waals surface area contributed by atoms with Crippen molar-refractivity contribution in [1.29, 1.82) is 0 Å². The third kappa shape index (κ3) is 4.23. The zero-order valence-electron chi connectivity index (χ0n) is 12.3. The van der Waals surface area contributed by atoms with Gasteiger partial charge in [0.1, 0.15) is 11.6 Å². The first-order valence-electron chi connectivity index (χ1n) is 7.16. The second kappa shape index (κ2) is 7.69. The lowest BCUT2D eigenvalue weighted by Gasteiger charge is -2.19. The average molecular weight is 289 g/mol. The van der Waals surface area contributed by atoms with Crippen LogP contribution in [0.4, 0.5) is 4.39 Å². The van der Waals surface area contributed by atoms with Crippen LogP contribution in [0.25, 0.3) is 0 Å². The fraction of sp³-hybridized carbons (Fsp3) is 0.375. The molecule has 0 aliphatic carbocycles. The van der Waals surface area contributed by atoms with Gasteiger partial charge in [0.15, 0.2) is 0 Å². The van der Waals surface area contributed by atoms with Gasteiger partial charge in [-0.3, -0.25) is 9.97 Å². The molecule has 2 heterocycles. The van der Waals surface area contributed by atoms with Crippen molar-refractivity contribution in [3.05, 3.63) is 53.9 Å². The highest BCUT2D eigenvalue weighted by Gasteiger charge is 2.15. The molecule has 5 heteroatoms. The molecule has 21 heavy (non-hydrogen) atoms.